The van der Waals surface area contributed by atoms with Gasteiger partial charge in [0, 0.05) is 12.8 Å². The molecule has 0 bridgehead atoms. The minimum atomic E-state index is -3.73. The molecule has 0 heterocycles. The number of ketones is 1. The fourth-order valence-electron chi connectivity index (χ4n) is 1.74. The Balaban J connectivity index is 2.49. The molecular formula is C11H9NO3S. The van der Waals surface area contributed by atoms with Crippen molar-refractivity contribution in [1.29, 1.82) is 5.26 Å². The quantitative estimate of drug-likeness (QED) is 0.768. The maximum atomic E-state index is 12.1. The third-order valence-corrected chi connectivity index (χ3v) is 5.04. The van der Waals surface area contributed by atoms with Crippen LogP contribution in [0.15, 0.2) is 35.2 Å². The number of benzene rings is 1. The summed E-state index contributed by atoms with van der Waals surface area (Å²) in [6.45, 7) is 0. The average molecular weight is 235 g/mol. The number of sulfone groups is 1. The third-order valence-electron chi connectivity index (χ3n) is 2.74. The van der Waals surface area contributed by atoms with Crippen molar-refractivity contribution in [2.24, 2.45) is 0 Å². The molecule has 1 saturated carbocycles. The van der Waals surface area contributed by atoms with Gasteiger partial charge in [-0.05, 0) is 12.1 Å². The highest BCUT2D eigenvalue weighted by Crippen LogP contribution is 2.39. The van der Waals surface area contributed by atoms with E-state index in [1.807, 2.05) is 0 Å². The Hall–Kier alpha value is -1.67. The zero-order valence-electron chi connectivity index (χ0n) is 8.38. The van der Waals surface area contributed by atoms with Crippen molar-refractivity contribution < 1.29 is 13.2 Å². The Labute approximate surface area is 93.4 Å². The molecule has 1 aromatic rings. The lowest BCUT2D eigenvalue weighted by molar-refractivity contribution is -0.124. The molecule has 0 unspecified atom stereocenters. The molecule has 5 heteroatoms. The van der Waals surface area contributed by atoms with Crippen molar-refractivity contribution in [2.45, 2.75) is 22.5 Å². The summed E-state index contributed by atoms with van der Waals surface area (Å²) in [4.78, 5) is 11.0. The van der Waals surface area contributed by atoms with E-state index in [9.17, 15) is 13.2 Å². The fourth-order valence-corrected chi connectivity index (χ4v) is 3.53. The molecule has 1 fully saturated rings. The molecule has 0 atom stereocenters. The van der Waals surface area contributed by atoms with E-state index in [1.54, 1.807) is 24.3 Å². The summed E-state index contributed by atoms with van der Waals surface area (Å²) >= 11 is 0. The first-order valence-electron chi connectivity index (χ1n) is 4.74. The first-order valence-corrected chi connectivity index (χ1v) is 6.23. The molecular weight excluding hydrogens is 226 g/mol. The van der Waals surface area contributed by atoms with Crippen LogP contribution in [0.2, 0.25) is 0 Å². The SMILES string of the molecule is N#CC1(S(=O)(=O)c2ccccc2)CC(=O)C1. The van der Waals surface area contributed by atoms with E-state index in [1.165, 1.54) is 12.1 Å². The lowest BCUT2D eigenvalue weighted by atomic mass is 9.84. The van der Waals surface area contributed by atoms with Gasteiger partial charge in [-0.25, -0.2) is 8.42 Å². The molecule has 1 aliphatic rings. The van der Waals surface area contributed by atoms with Crippen molar-refractivity contribution in [1.82, 2.24) is 0 Å². The van der Waals surface area contributed by atoms with Crippen LogP contribution in [0.25, 0.3) is 0 Å². The normalized spacial score (nSPS) is 18.6. The van der Waals surface area contributed by atoms with Crippen LogP contribution in [0.1, 0.15) is 12.8 Å². The van der Waals surface area contributed by atoms with Crippen LogP contribution < -0.4 is 0 Å². The molecule has 1 aliphatic carbocycles. The minimum absolute atomic E-state index is 0.101. The third kappa shape index (κ3) is 1.34. The van der Waals surface area contributed by atoms with Gasteiger partial charge >= 0.3 is 0 Å². The van der Waals surface area contributed by atoms with Crippen LogP contribution in [0.4, 0.5) is 0 Å². The van der Waals surface area contributed by atoms with E-state index >= 15 is 0 Å². The zero-order valence-corrected chi connectivity index (χ0v) is 9.20. The van der Waals surface area contributed by atoms with E-state index in [4.69, 9.17) is 5.26 Å². The predicted molar refractivity (Wildman–Crippen MR) is 56.2 cm³/mol. The van der Waals surface area contributed by atoms with Crippen LogP contribution >= 0.6 is 0 Å². The number of carbonyl (C=O) groups is 1. The second-order valence-corrected chi connectivity index (χ2v) is 6.07. The van der Waals surface area contributed by atoms with E-state index in [0.29, 0.717) is 0 Å². The van der Waals surface area contributed by atoms with Gasteiger partial charge in [0.25, 0.3) is 0 Å². The second-order valence-electron chi connectivity index (χ2n) is 3.81. The molecule has 0 N–H and O–H groups in total. The highest BCUT2D eigenvalue weighted by atomic mass is 32.2. The molecule has 4 nitrogen and oxygen atoms in total. The van der Waals surface area contributed by atoms with Crippen molar-refractivity contribution in [3.05, 3.63) is 30.3 Å². The van der Waals surface area contributed by atoms with Gasteiger partial charge in [0.05, 0.1) is 11.0 Å². The summed E-state index contributed by atoms with van der Waals surface area (Å²) in [5, 5.41) is 8.97. The van der Waals surface area contributed by atoms with E-state index in [0.717, 1.165) is 0 Å². The van der Waals surface area contributed by atoms with Crippen molar-refractivity contribution in [3.63, 3.8) is 0 Å². The van der Waals surface area contributed by atoms with Gasteiger partial charge in [0.15, 0.2) is 14.6 Å². The van der Waals surface area contributed by atoms with Gasteiger partial charge < -0.3 is 0 Å². The maximum Gasteiger partial charge on any atom is 0.198 e. The molecule has 16 heavy (non-hydrogen) atoms. The fraction of sp³-hybridized carbons (Fsp3) is 0.273. The number of carbonyl (C=O) groups excluding carboxylic acids is 1. The van der Waals surface area contributed by atoms with E-state index in [-0.39, 0.29) is 23.5 Å². The Morgan fingerprint density at radius 3 is 2.19 bits per heavy atom. The van der Waals surface area contributed by atoms with Gasteiger partial charge in [-0.1, -0.05) is 18.2 Å². The number of Topliss-reactive ketones (excluding diaryl/α,β-unsaturated/α-hetero) is 1. The maximum absolute atomic E-state index is 12.1. The second kappa shape index (κ2) is 3.42. The Bertz CT molecular complexity index is 561. The largest absolute Gasteiger partial charge is 0.300 e. The molecule has 0 spiro atoms. The first-order chi connectivity index (χ1) is 7.52. The highest BCUT2D eigenvalue weighted by molar-refractivity contribution is 7.93. The molecule has 1 aromatic carbocycles. The van der Waals surface area contributed by atoms with E-state index < -0.39 is 14.6 Å². The van der Waals surface area contributed by atoms with Crippen LogP contribution in [0.3, 0.4) is 0 Å². The number of rotatable bonds is 2. The van der Waals surface area contributed by atoms with Crippen LogP contribution in [0, 0.1) is 11.3 Å². The van der Waals surface area contributed by atoms with E-state index in [2.05, 4.69) is 0 Å². The summed E-state index contributed by atoms with van der Waals surface area (Å²) in [6, 6.07) is 9.55. The summed E-state index contributed by atoms with van der Waals surface area (Å²) < 4.78 is 22.7. The van der Waals surface area contributed by atoms with Crippen molar-refractivity contribution >= 4 is 15.6 Å². The molecule has 0 amide bonds. The molecule has 0 radical (unpaired) electrons. The summed E-state index contributed by atoms with van der Waals surface area (Å²) in [6.07, 6.45) is -0.387. The monoisotopic (exact) mass is 235 g/mol. The zero-order chi connectivity index (χ0) is 11.8. The predicted octanol–water partition coefficient (Wildman–Crippen LogP) is 1.09. The van der Waals surface area contributed by atoms with Crippen LogP contribution in [-0.2, 0) is 14.6 Å². The lowest BCUT2D eigenvalue weighted by Crippen LogP contribution is -2.49. The first kappa shape index (κ1) is 10.8. The Morgan fingerprint density at radius 2 is 1.75 bits per heavy atom. The van der Waals surface area contributed by atoms with Gasteiger partial charge in [-0.3, -0.25) is 4.79 Å². The number of nitriles is 1. The van der Waals surface area contributed by atoms with Gasteiger partial charge in [-0.2, -0.15) is 5.26 Å². The standard InChI is InChI=1S/C11H9NO3S/c12-8-11(6-9(13)7-11)16(14,15)10-4-2-1-3-5-10/h1-5H,6-7H2. The lowest BCUT2D eigenvalue weighted by Gasteiger charge is -2.32. The Morgan fingerprint density at radius 1 is 1.19 bits per heavy atom. The minimum Gasteiger partial charge on any atom is -0.300 e. The van der Waals surface area contributed by atoms with Gasteiger partial charge in [0.1, 0.15) is 5.78 Å². The van der Waals surface area contributed by atoms with Crippen LogP contribution in [0.5, 0.6) is 0 Å². The summed E-state index contributed by atoms with van der Waals surface area (Å²) in [7, 11) is -3.73. The summed E-state index contributed by atoms with van der Waals surface area (Å²) in [5.74, 6) is -0.180. The number of hydrogen-bond donors (Lipinski definition) is 0. The average Bonchev–Trinajstić information content (AvgIpc) is 2.25. The van der Waals surface area contributed by atoms with Crippen LogP contribution in [-0.4, -0.2) is 18.9 Å². The van der Waals surface area contributed by atoms with Crippen molar-refractivity contribution in [3.8, 4) is 6.07 Å². The molecule has 2 rings (SSSR count). The Kier molecular flexibility index (Phi) is 2.32. The van der Waals surface area contributed by atoms with Crippen molar-refractivity contribution in [2.75, 3.05) is 0 Å². The number of hydrogen-bond acceptors (Lipinski definition) is 4. The highest BCUT2D eigenvalue weighted by Gasteiger charge is 2.55. The number of nitrogens with zero attached hydrogens (tertiary/aromatic N) is 1. The molecule has 82 valence electrons. The smallest absolute Gasteiger partial charge is 0.198 e. The molecule has 0 aromatic heterocycles. The van der Waals surface area contributed by atoms with Gasteiger partial charge in [-0.15, -0.1) is 0 Å². The molecule has 0 saturated heterocycles. The molecule has 0 aliphatic heterocycles. The van der Waals surface area contributed by atoms with Gasteiger partial charge in [0.2, 0.25) is 0 Å². The summed E-state index contributed by atoms with van der Waals surface area (Å²) in [5.41, 5.74) is 0. The topological polar surface area (TPSA) is 75.0 Å².